The van der Waals surface area contributed by atoms with Crippen LogP contribution in [0.2, 0.25) is 0 Å². The summed E-state index contributed by atoms with van der Waals surface area (Å²) in [5.74, 6) is -0.230. The summed E-state index contributed by atoms with van der Waals surface area (Å²) in [6.45, 7) is 5.57. The first kappa shape index (κ1) is 12.8. The maximum Gasteiger partial charge on any atom is 0.249 e. The second-order valence-electron chi connectivity index (χ2n) is 5.18. The van der Waals surface area contributed by atoms with E-state index in [-0.39, 0.29) is 17.7 Å². The Balaban J connectivity index is 2.20. The van der Waals surface area contributed by atoms with Crippen molar-refractivity contribution in [1.82, 2.24) is 10.2 Å². The standard InChI is InChI=1S/C13H18N2O3/c1-8(2)6-12(17)14-11-7-10(16)13(18)5-4-9(3)15(11)13/h6-7,9,18H,4-5H2,1-3H3,(H,14,17)/t9-,13+/m0/s1. The van der Waals surface area contributed by atoms with Crippen LogP contribution in [0.1, 0.15) is 33.6 Å². The summed E-state index contributed by atoms with van der Waals surface area (Å²) in [5, 5.41) is 13.0. The summed E-state index contributed by atoms with van der Waals surface area (Å²) in [4.78, 5) is 25.1. The van der Waals surface area contributed by atoms with Gasteiger partial charge in [-0.1, -0.05) is 5.57 Å². The second-order valence-corrected chi connectivity index (χ2v) is 5.18. The van der Waals surface area contributed by atoms with E-state index in [1.54, 1.807) is 4.90 Å². The highest BCUT2D eigenvalue weighted by Crippen LogP contribution is 2.39. The van der Waals surface area contributed by atoms with Gasteiger partial charge in [-0.05, 0) is 27.2 Å². The number of nitrogens with zero attached hydrogens (tertiary/aromatic N) is 1. The van der Waals surface area contributed by atoms with Crippen LogP contribution in [-0.4, -0.2) is 33.5 Å². The largest absolute Gasteiger partial charge is 0.364 e. The van der Waals surface area contributed by atoms with Crippen LogP contribution in [0.25, 0.3) is 0 Å². The molecule has 0 aromatic rings. The molecule has 5 heteroatoms. The molecule has 0 aliphatic carbocycles. The lowest BCUT2D eigenvalue weighted by Gasteiger charge is -2.31. The molecule has 18 heavy (non-hydrogen) atoms. The molecule has 0 aromatic carbocycles. The van der Waals surface area contributed by atoms with E-state index in [0.717, 1.165) is 12.0 Å². The van der Waals surface area contributed by atoms with Crippen molar-refractivity contribution in [1.29, 1.82) is 0 Å². The lowest BCUT2D eigenvalue weighted by molar-refractivity contribution is -0.144. The number of hydrogen-bond donors (Lipinski definition) is 2. The van der Waals surface area contributed by atoms with Gasteiger partial charge < -0.3 is 15.3 Å². The van der Waals surface area contributed by atoms with Crippen LogP contribution < -0.4 is 5.32 Å². The zero-order valence-corrected chi connectivity index (χ0v) is 10.9. The summed E-state index contributed by atoms with van der Waals surface area (Å²) in [7, 11) is 0. The third-order valence-electron chi connectivity index (χ3n) is 3.34. The fourth-order valence-electron chi connectivity index (χ4n) is 2.53. The third-order valence-corrected chi connectivity index (χ3v) is 3.34. The molecule has 2 atom stereocenters. The van der Waals surface area contributed by atoms with E-state index >= 15 is 0 Å². The number of fused-ring (bicyclic) bond motifs is 1. The van der Waals surface area contributed by atoms with Crippen molar-refractivity contribution in [3.05, 3.63) is 23.5 Å². The highest BCUT2D eigenvalue weighted by molar-refractivity contribution is 6.01. The molecule has 2 aliphatic rings. The molecular formula is C13H18N2O3. The van der Waals surface area contributed by atoms with Crippen molar-refractivity contribution >= 4 is 11.7 Å². The van der Waals surface area contributed by atoms with Crippen molar-refractivity contribution in [3.63, 3.8) is 0 Å². The zero-order chi connectivity index (χ0) is 13.5. The summed E-state index contributed by atoms with van der Waals surface area (Å²) in [5.41, 5.74) is -0.574. The lowest BCUT2D eigenvalue weighted by atomic mass is 10.1. The van der Waals surface area contributed by atoms with Gasteiger partial charge in [-0.3, -0.25) is 9.59 Å². The molecule has 0 aromatic heterocycles. The van der Waals surface area contributed by atoms with Gasteiger partial charge >= 0.3 is 0 Å². The number of carbonyl (C=O) groups is 2. The monoisotopic (exact) mass is 250 g/mol. The molecule has 0 bridgehead atoms. The van der Waals surface area contributed by atoms with Gasteiger partial charge in [0.05, 0.1) is 0 Å². The highest BCUT2D eigenvalue weighted by atomic mass is 16.3. The Morgan fingerprint density at radius 2 is 2.28 bits per heavy atom. The van der Waals surface area contributed by atoms with Crippen LogP contribution in [0.4, 0.5) is 0 Å². The van der Waals surface area contributed by atoms with Crippen LogP contribution >= 0.6 is 0 Å². The zero-order valence-electron chi connectivity index (χ0n) is 10.9. The van der Waals surface area contributed by atoms with Gasteiger partial charge in [-0.15, -0.1) is 0 Å². The summed E-state index contributed by atoms with van der Waals surface area (Å²) < 4.78 is 0. The minimum atomic E-state index is -1.45. The molecule has 0 radical (unpaired) electrons. The first-order valence-electron chi connectivity index (χ1n) is 6.08. The van der Waals surface area contributed by atoms with Crippen molar-refractivity contribution in [3.8, 4) is 0 Å². The number of hydrogen-bond acceptors (Lipinski definition) is 4. The van der Waals surface area contributed by atoms with E-state index in [4.69, 9.17) is 0 Å². The first-order chi connectivity index (χ1) is 8.34. The average Bonchev–Trinajstić information content (AvgIpc) is 2.65. The Kier molecular flexibility index (Phi) is 3.02. The summed E-state index contributed by atoms with van der Waals surface area (Å²) >= 11 is 0. The second kappa shape index (κ2) is 4.24. The predicted molar refractivity (Wildman–Crippen MR) is 66.1 cm³/mol. The van der Waals surface area contributed by atoms with Gasteiger partial charge in [0.15, 0.2) is 0 Å². The maximum absolute atomic E-state index is 11.8. The molecule has 2 aliphatic heterocycles. The van der Waals surface area contributed by atoms with E-state index in [1.807, 2.05) is 20.8 Å². The van der Waals surface area contributed by atoms with Gasteiger partial charge in [0.25, 0.3) is 0 Å². The molecule has 5 nitrogen and oxygen atoms in total. The number of amides is 1. The molecule has 1 amide bonds. The number of nitrogens with one attached hydrogen (secondary N) is 1. The number of allylic oxidation sites excluding steroid dienone is 1. The third kappa shape index (κ3) is 1.95. The normalized spacial score (nSPS) is 30.0. The van der Waals surface area contributed by atoms with E-state index in [9.17, 15) is 14.7 Å². The fourth-order valence-corrected chi connectivity index (χ4v) is 2.53. The quantitative estimate of drug-likeness (QED) is 0.707. The van der Waals surface area contributed by atoms with Crippen LogP contribution in [0.3, 0.4) is 0 Å². The summed E-state index contributed by atoms with van der Waals surface area (Å²) in [6, 6.07) is 0.0414. The molecule has 0 unspecified atom stereocenters. The Bertz CT molecular complexity index is 463. The van der Waals surface area contributed by atoms with Crippen molar-refractivity contribution < 1.29 is 14.7 Å². The number of rotatable bonds is 2. The molecular weight excluding hydrogens is 232 g/mol. The molecule has 2 rings (SSSR count). The van der Waals surface area contributed by atoms with Crippen LogP contribution in [-0.2, 0) is 9.59 Å². The minimum Gasteiger partial charge on any atom is -0.364 e. The van der Waals surface area contributed by atoms with Gasteiger partial charge in [-0.25, -0.2) is 0 Å². The Morgan fingerprint density at radius 3 is 2.89 bits per heavy atom. The van der Waals surface area contributed by atoms with Gasteiger partial charge in [-0.2, -0.15) is 0 Å². The van der Waals surface area contributed by atoms with Crippen molar-refractivity contribution in [2.45, 2.75) is 45.4 Å². The molecule has 1 fully saturated rings. The first-order valence-corrected chi connectivity index (χ1v) is 6.08. The van der Waals surface area contributed by atoms with Crippen LogP contribution in [0, 0.1) is 0 Å². The molecule has 2 heterocycles. The summed E-state index contributed by atoms with van der Waals surface area (Å²) in [6.07, 6.45) is 3.92. The lowest BCUT2D eigenvalue weighted by Crippen LogP contribution is -2.49. The minimum absolute atomic E-state index is 0.0414. The number of aliphatic hydroxyl groups is 1. The molecule has 1 saturated heterocycles. The Morgan fingerprint density at radius 1 is 1.61 bits per heavy atom. The van der Waals surface area contributed by atoms with Crippen molar-refractivity contribution in [2.24, 2.45) is 0 Å². The predicted octanol–water partition coefficient (Wildman–Crippen LogP) is 0.666. The SMILES string of the molecule is CC(C)=CC(=O)NC1=CC(=O)[C@]2(O)CC[C@H](C)N12. The van der Waals surface area contributed by atoms with E-state index in [2.05, 4.69) is 5.32 Å². The molecule has 0 saturated carbocycles. The van der Waals surface area contributed by atoms with E-state index in [1.165, 1.54) is 12.2 Å². The topological polar surface area (TPSA) is 69.6 Å². The molecule has 2 N–H and O–H groups in total. The number of ketones is 1. The fraction of sp³-hybridized carbons (Fsp3) is 0.538. The maximum atomic E-state index is 11.8. The Labute approximate surface area is 106 Å². The van der Waals surface area contributed by atoms with E-state index in [0.29, 0.717) is 12.2 Å². The molecule has 0 spiro atoms. The highest BCUT2D eigenvalue weighted by Gasteiger charge is 2.53. The van der Waals surface area contributed by atoms with E-state index < -0.39 is 5.72 Å². The number of carbonyl (C=O) groups excluding carboxylic acids is 2. The Hall–Kier alpha value is -1.62. The smallest absolute Gasteiger partial charge is 0.249 e. The van der Waals surface area contributed by atoms with Crippen LogP contribution in [0.5, 0.6) is 0 Å². The molecule has 98 valence electrons. The van der Waals surface area contributed by atoms with Gasteiger partial charge in [0.2, 0.25) is 17.4 Å². The van der Waals surface area contributed by atoms with Crippen molar-refractivity contribution in [2.75, 3.05) is 0 Å². The van der Waals surface area contributed by atoms with Crippen LogP contribution in [0.15, 0.2) is 23.5 Å². The van der Waals surface area contributed by atoms with Gasteiger partial charge in [0, 0.05) is 24.6 Å². The van der Waals surface area contributed by atoms with Gasteiger partial charge in [0.1, 0.15) is 5.82 Å². The average molecular weight is 250 g/mol.